The highest BCUT2D eigenvalue weighted by atomic mass is 32.2. The van der Waals surface area contributed by atoms with Gasteiger partial charge in [0.1, 0.15) is 0 Å². The van der Waals surface area contributed by atoms with Crippen molar-refractivity contribution in [3.8, 4) is 0 Å². The summed E-state index contributed by atoms with van der Waals surface area (Å²) in [5, 5.41) is 2.75. The Bertz CT molecular complexity index is 850. The minimum atomic E-state index is -3.48. The SMILES string of the molecule is CC(C)c1ccc(C(=O)NC2=CC=CN3CCS(=O)(=O)N=C23)cc1. The molecule has 2 aliphatic heterocycles. The number of hydrogen-bond acceptors (Lipinski definition) is 4. The zero-order valence-corrected chi connectivity index (χ0v) is 14.4. The fourth-order valence-electron chi connectivity index (χ4n) is 2.53. The van der Waals surface area contributed by atoms with E-state index in [9.17, 15) is 13.2 Å². The molecule has 1 aromatic rings. The third-order valence-corrected chi connectivity index (χ3v) is 5.09. The van der Waals surface area contributed by atoms with Crippen LogP contribution < -0.4 is 5.32 Å². The van der Waals surface area contributed by atoms with E-state index < -0.39 is 10.0 Å². The van der Waals surface area contributed by atoms with Crippen LogP contribution in [0.4, 0.5) is 0 Å². The van der Waals surface area contributed by atoms with E-state index in [4.69, 9.17) is 0 Å². The first kappa shape index (κ1) is 16.4. The van der Waals surface area contributed by atoms with Gasteiger partial charge in [-0.15, -0.1) is 4.40 Å². The first-order chi connectivity index (χ1) is 11.4. The molecule has 126 valence electrons. The Kier molecular flexibility index (Phi) is 4.28. The average molecular weight is 345 g/mol. The fraction of sp³-hybridized carbons (Fsp3) is 0.294. The lowest BCUT2D eigenvalue weighted by atomic mass is 10.0. The Morgan fingerprint density at radius 1 is 1.25 bits per heavy atom. The molecule has 2 aliphatic rings. The quantitative estimate of drug-likeness (QED) is 0.909. The molecular formula is C17H19N3O3S. The monoisotopic (exact) mass is 345 g/mol. The predicted molar refractivity (Wildman–Crippen MR) is 93.1 cm³/mol. The van der Waals surface area contributed by atoms with Crippen LogP contribution >= 0.6 is 0 Å². The molecule has 0 saturated heterocycles. The molecule has 1 amide bonds. The topological polar surface area (TPSA) is 78.8 Å². The number of benzene rings is 1. The van der Waals surface area contributed by atoms with Crippen molar-refractivity contribution < 1.29 is 13.2 Å². The van der Waals surface area contributed by atoms with Crippen molar-refractivity contribution in [3.05, 3.63) is 59.4 Å². The molecule has 2 heterocycles. The van der Waals surface area contributed by atoms with Crippen LogP contribution in [0.25, 0.3) is 0 Å². The average Bonchev–Trinajstić information content (AvgIpc) is 2.55. The van der Waals surface area contributed by atoms with Crippen molar-refractivity contribution in [1.29, 1.82) is 0 Å². The molecule has 0 aromatic heterocycles. The number of fused-ring (bicyclic) bond motifs is 1. The molecule has 0 saturated carbocycles. The number of carbonyl (C=O) groups is 1. The molecule has 0 unspecified atom stereocenters. The Balaban J connectivity index is 1.82. The molecule has 0 aliphatic carbocycles. The zero-order chi connectivity index (χ0) is 17.3. The number of hydrogen-bond donors (Lipinski definition) is 1. The summed E-state index contributed by atoms with van der Waals surface area (Å²) in [6, 6.07) is 7.37. The Labute approximate surface area is 141 Å². The van der Waals surface area contributed by atoms with Gasteiger partial charge < -0.3 is 10.2 Å². The van der Waals surface area contributed by atoms with Crippen molar-refractivity contribution in [3.63, 3.8) is 0 Å². The molecular weight excluding hydrogens is 326 g/mol. The van der Waals surface area contributed by atoms with Crippen molar-refractivity contribution in [2.75, 3.05) is 12.3 Å². The zero-order valence-electron chi connectivity index (χ0n) is 13.6. The minimum absolute atomic E-state index is 0.0290. The lowest BCUT2D eigenvalue weighted by molar-refractivity contribution is 0.0967. The number of carbonyl (C=O) groups excluding carboxylic acids is 1. The minimum Gasteiger partial charge on any atom is -0.330 e. The van der Waals surface area contributed by atoms with Gasteiger partial charge in [0, 0.05) is 18.3 Å². The third-order valence-electron chi connectivity index (χ3n) is 3.95. The van der Waals surface area contributed by atoms with Gasteiger partial charge in [0.2, 0.25) is 0 Å². The van der Waals surface area contributed by atoms with E-state index in [2.05, 4.69) is 23.6 Å². The molecule has 3 rings (SSSR count). The van der Waals surface area contributed by atoms with Crippen LogP contribution in [0.1, 0.15) is 35.7 Å². The molecule has 6 nitrogen and oxygen atoms in total. The van der Waals surface area contributed by atoms with E-state index >= 15 is 0 Å². The largest absolute Gasteiger partial charge is 0.330 e. The van der Waals surface area contributed by atoms with E-state index in [1.807, 2.05) is 12.1 Å². The maximum Gasteiger partial charge on any atom is 0.256 e. The highest BCUT2D eigenvalue weighted by molar-refractivity contribution is 7.90. The summed E-state index contributed by atoms with van der Waals surface area (Å²) in [6.45, 7) is 4.50. The highest BCUT2D eigenvalue weighted by Gasteiger charge is 2.27. The second-order valence-corrected chi connectivity index (χ2v) is 7.80. The Morgan fingerprint density at radius 2 is 1.96 bits per heavy atom. The molecule has 0 atom stereocenters. The van der Waals surface area contributed by atoms with E-state index in [1.165, 1.54) is 0 Å². The van der Waals surface area contributed by atoms with E-state index in [0.717, 1.165) is 5.56 Å². The molecule has 7 heteroatoms. The number of sulfonamides is 1. The summed E-state index contributed by atoms with van der Waals surface area (Å²) < 4.78 is 27.2. The van der Waals surface area contributed by atoms with Gasteiger partial charge in [0.25, 0.3) is 15.9 Å². The number of nitrogens with zero attached hydrogens (tertiary/aromatic N) is 2. The Morgan fingerprint density at radius 3 is 2.62 bits per heavy atom. The van der Waals surface area contributed by atoms with Crippen molar-refractivity contribution in [1.82, 2.24) is 10.2 Å². The van der Waals surface area contributed by atoms with E-state index in [-0.39, 0.29) is 17.5 Å². The number of amides is 1. The van der Waals surface area contributed by atoms with Gasteiger partial charge in [-0.1, -0.05) is 26.0 Å². The lowest BCUT2D eigenvalue weighted by Gasteiger charge is -2.29. The molecule has 0 radical (unpaired) electrons. The maximum absolute atomic E-state index is 12.4. The van der Waals surface area contributed by atoms with Crippen LogP contribution in [0.5, 0.6) is 0 Å². The Hall–Kier alpha value is -2.41. The van der Waals surface area contributed by atoms with Crippen molar-refractivity contribution in [2.24, 2.45) is 4.40 Å². The third kappa shape index (κ3) is 3.41. The molecule has 24 heavy (non-hydrogen) atoms. The molecule has 0 spiro atoms. The highest BCUT2D eigenvalue weighted by Crippen LogP contribution is 2.18. The van der Waals surface area contributed by atoms with Crippen LogP contribution in [-0.4, -0.2) is 37.4 Å². The summed E-state index contributed by atoms with van der Waals surface area (Å²) >= 11 is 0. The van der Waals surface area contributed by atoms with E-state index in [1.54, 1.807) is 35.4 Å². The predicted octanol–water partition coefficient (Wildman–Crippen LogP) is 1.99. The number of allylic oxidation sites excluding steroid dienone is 2. The fourth-order valence-corrected chi connectivity index (χ4v) is 3.51. The van der Waals surface area contributed by atoms with Gasteiger partial charge >= 0.3 is 0 Å². The van der Waals surface area contributed by atoms with Gasteiger partial charge in [0.05, 0.1) is 11.4 Å². The normalized spacial score (nSPS) is 18.7. The standard InChI is InChI=1S/C17H19N3O3S/c1-12(2)13-5-7-14(8-6-13)17(21)18-15-4-3-9-20-10-11-24(22,23)19-16(15)20/h3-9,12H,10-11H2,1-2H3,(H,18,21). The van der Waals surface area contributed by atoms with E-state index in [0.29, 0.717) is 23.7 Å². The van der Waals surface area contributed by atoms with Crippen LogP contribution in [0.3, 0.4) is 0 Å². The van der Waals surface area contributed by atoms with Crippen LogP contribution in [0, 0.1) is 0 Å². The number of nitrogens with one attached hydrogen (secondary N) is 1. The summed E-state index contributed by atoms with van der Waals surface area (Å²) in [5.41, 5.74) is 2.06. The first-order valence-corrected chi connectivity index (χ1v) is 9.36. The van der Waals surface area contributed by atoms with Crippen molar-refractivity contribution >= 4 is 21.8 Å². The summed E-state index contributed by atoms with van der Waals surface area (Å²) in [7, 11) is -3.48. The van der Waals surface area contributed by atoms with Gasteiger partial charge in [-0.3, -0.25) is 4.79 Å². The van der Waals surface area contributed by atoms with Crippen LogP contribution in [0.2, 0.25) is 0 Å². The lowest BCUT2D eigenvalue weighted by Crippen LogP contribution is -2.42. The first-order valence-electron chi connectivity index (χ1n) is 7.75. The number of amidine groups is 1. The van der Waals surface area contributed by atoms with Gasteiger partial charge in [-0.25, -0.2) is 8.42 Å². The maximum atomic E-state index is 12.4. The molecule has 0 fully saturated rings. The van der Waals surface area contributed by atoms with Crippen molar-refractivity contribution in [2.45, 2.75) is 19.8 Å². The van der Waals surface area contributed by atoms with Crippen LogP contribution in [-0.2, 0) is 10.0 Å². The van der Waals surface area contributed by atoms with Gasteiger partial charge in [0.15, 0.2) is 5.84 Å². The molecule has 1 N–H and O–H groups in total. The van der Waals surface area contributed by atoms with Gasteiger partial charge in [-0.05, 0) is 35.8 Å². The number of rotatable bonds is 3. The molecule has 1 aromatic carbocycles. The summed E-state index contributed by atoms with van der Waals surface area (Å²) in [6.07, 6.45) is 5.16. The van der Waals surface area contributed by atoms with Gasteiger partial charge in [-0.2, -0.15) is 0 Å². The summed E-state index contributed by atoms with van der Waals surface area (Å²) in [4.78, 5) is 14.2. The van der Waals surface area contributed by atoms with Crippen LogP contribution in [0.15, 0.2) is 52.7 Å². The second-order valence-electron chi connectivity index (χ2n) is 6.05. The molecule has 0 bridgehead atoms. The smallest absolute Gasteiger partial charge is 0.256 e. The second kappa shape index (κ2) is 6.24. The summed E-state index contributed by atoms with van der Waals surface area (Å²) in [5.74, 6) is 0.329.